The van der Waals surface area contributed by atoms with E-state index in [4.69, 9.17) is 0 Å². The maximum Gasteiger partial charge on any atom is 0.0538 e. The summed E-state index contributed by atoms with van der Waals surface area (Å²) in [6.07, 6.45) is 9.37. The lowest BCUT2D eigenvalue weighted by Gasteiger charge is -2.11. The van der Waals surface area contributed by atoms with Crippen LogP contribution in [0.3, 0.4) is 0 Å². The number of rotatable bonds is 7. The van der Waals surface area contributed by atoms with Gasteiger partial charge in [-0.05, 0) is 13.3 Å². The molecule has 1 N–H and O–H groups in total. The Morgan fingerprint density at radius 3 is 3.07 bits per heavy atom. The molecule has 0 radical (unpaired) electrons. The molecule has 1 rings (SSSR count). The van der Waals surface area contributed by atoms with Gasteiger partial charge in [0.25, 0.3) is 0 Å². The van der Waals surface area contributed by atoms with E-state index < -0.39 is 0 Å². The lowest BCUT2D eigenvalue weighted by Crippen LogP contribution is -2.25. The SMILES string of the molecule is C=Cn1cc(CNC(C)CCCC)cn1. The van der Waals surface area contributed by atoms with E-state index in [1.807, 2.05) is 12.4 Å². The van der Waals surface area contributed by atoms with Crippen LogP contribution in [0.1, 0.15) is 38.7 Å². The standard InChI is InChI=1S/C12H21N3/c1-4-6-7-11(3)13-8-12-9-14-15(5-2)10-12/h5,9-11,13H,2,4,6-8H2,1,3H3. The van der Waals surface area contributed by atoms with Crippen molar-refractivity contribution in [2.24, 2.45) is 0 Å². The first-order valence-electron chi connectivity index (χ1n) is 5.65. The average Bonchev–Trinajstić information content (AvgIpc) is 2.71. The van der Waals surface area contributed by atoms with Crippen LogP contribution in [0.4, 0.5) is 0 Å². The van der Waals surface area contributed by atoms with E-state index in [1.54, 1.807) is 10.9 Å². The van der Waals surface area contributed by atoms with Crippen LogP contribution in [0, 0.1) is 0 Å². The largest absolute Gasteiger partial charge is 0.310 e. The predicted octanol–water partition coefficient (Wildman–Crippen LogP) is 2.65. The van der Waals surface area contributed by atoms with Crippen molar-refractivity contribution in [2.45, 2.75) is 45.7 Å². The summed E-state index contributed by atoms with van der Waals surface area (Å²) in [5, 5.41) is 7.62. The van der Waals surface area contributed by atoms with Crippen LogP contribution < -0.4 is 5.32 Å². The molecule has 1 aromatic rings. The summed E-state index contributed by atoms with van der Waals surface area (Å²) in [6.45, 7) is 9.00. The second-order valence-electron chi connectivity index (χ2n) is 3.94. The van der Waals surface area contributed by atoms with Gasteiger partial charge in [0, 0.05) is 30.5 Å². The lowest BCUT2D eigenvalue weighted by molar-refractivity contribution is 0.495. The van der Waals surface area contributed by atoms with Crippen LogP contribution in [0.15, 0.2) is 19.0 Å². The Labute approximate surface area is 92.2 Å². The van der Waals surface area contributed by atoms with Gasteiger partial charge in [0.2, 0.25) is 0 Å². The van der Waals surface area contributed by atoms with Gasteiger partial charge in [0.05, 0.1) is 6.20 Å². The van der Waals surface area contributed by atoms with Crippen molar-refractivity contribution >= 4 is 6.20 Å². The summed E-state index contributed by atoms with van der Waals surface area (Å²) >= 11 is 0. The molecule has 1 aromatic heterocycles. The fraction of sp³-hybridized carbons (Fsp3) is 0.583. The molecule has 15 heavy (non-hydrogen) atoms. The minimum absolute atomic E-state index is 0.581. The van der Waals surface area contributed by atoms with Crippen LogP contribution in [0.5, 0.6) is 0 Å². The third-order valence-electron chi connectivity index (χ3n) is 2.49. The average molecular weight is 207 g/mol. The van der Waals surface area contributed by atoms with Gasteiger partial charge in [0.15, 0.2) is 0 Å². The van der Waals surface area contributed by atoms with E-state index in [0.29, 0.717) is 6.04 Å². The first-order valence-corrected chi connectivity index (χ1v) is 5.65. The second kappa shape index (κ2) is 6.40. The molecule has 84 valence electrons. The second-order valence-corrected chi connectivity index (χ2v) is 3.94. The third kappa shape index (κ3) is 4.30. The normalized spacial score (nSPS) is 12.7. The molecule has 0 saturated carbocycles. The van der Waals surface area contributed by atoms with Gasteiger partial charge in [-0.3, -0.25) is 0 Å². The molecular formula is C12H21N3. The van der Waals surface area contributed by atoms with Gasteiger partial charge in [-0.15, -0.1) is 0 Å². The van der Waals surface area contributed by atoms with Gasteiger partial charge in [-0.2, -0.15) is 5.10 Å². The predicted molar refractivity (Wildman–Crippen MR) is 64.4 cm³/mol. The van der Waals surface area contributed by atoms with E-state index >= 15 is 0 Å². The highest BCUT2D eigenvalue weighted by Gasteiger charge is 2.01. The molecule has 0 aromatic carbocycles. The molecule has 3 nitrogen and oxygen atoms in total. The molecule has 0 bridgehead atoms. The van der Waals surface area contributed by atoms with Gasteiger partial charge in [0.1, 0.15) is 0 Å². The van der Waals surface area contributed by atoms with Gasteiger partial charge in [-0.1, -0.05) is 26.3 Å². The summed E-state index contributed by atoms with van der Waals surface area (Å²) < 4.78 is 1.73. The molecule has 0 aliphatic carbocycles. The molecule has 0 fully saturated rings. The zero-order valence-corrected chi connectivity index (χ0v) is 9.74. The topological polar surface area (TPSA) is 29.9 Å². The van der Waals surface area contributed by atoms with E-state index in [2.05, 4.69) is 30.8 Å². The first kappa shape index (κ1) is 12.0. The number of nitrogens with zero attached hydrogens (tertiary/aromatic N) is 2. The number of hydrogen-bond acceptors (Lipinski definition) is 2. The zero-order chi connectivity index (χ0) is 11.1. The molecule has 1 unspecified atom stereocenters. The van der Waals surface area contributed by atoms with Gasteiger partial charge in [-0.25, -0.2) is 4.68 Å². The van der Waals surface area contributed by atoms with Crippen LogP contribution in [-0.4, -0.2) is 15.8 Å². The molecule has 1 atom stereocenters. The maximum absolute atomic E-state index is 4.13. The number of hydrogen-bond donors (Lipinski definition) is 1. The Hall–Kier alpha value is -1.09. The van der Waals surface area contributed by atoms with Crippen LogP contribution in [0.2, 0.25) is 0 Å². The Kier molecular flexibility index (Phi) is 5.12. The van der Waals surface area contributed by atoms with Crippen molar-refractivity contribution in [3.8, 4) is 0 Å². The first-order chi connectivity index (χ1) is 7.26. The summed E-state index contributed by atoms with van der Waals surface area (Å²) in [6, 6.07) is 0.581. The highest BCUT2D eigenvalue weighted by molar-refractivity contribution is 5.17. The van der Waals surface area contributed by atoms with Crippen LogP contribution in [0.25, 0.3) is 6.20 Å². The highest BCUT2D eigenvalue weighted by Crippen LogP contribution is 2.02. The lowest BCUT2D eigenvalue weighted by atomic mass is 10.1. The Morgan fingerprint density at radius 2 is 2.47 bits per heavy atom. The van der Waals surface area contributed by atoms with Gasteiger partial charge >= 0.3 is 0 Å². The zero-order valence-electron chi connectivity index (χ0n) is 9.74. The Morgan fingerprint density at radius 1 is 1.67 bits per heavy atom. The minimum Gasteiger partial charge on any atom is -0.310 e. The molecular weight excluding hydrogens is 186 g/mol. The smallest absolute Gasteiger partial charge is 0.0538 e. The quantitative estimate of drug-likeness (QED) is 0.745. The molecule has 0 saturated heterocycles. The van der Waals surface area contributed by atoms with E-state index in [9.17, 15) is 0 Å². The van der Waals surface area contributed by atoms with Crippen molar-refractivity contribution in [3.63, 3.8) is 0 Å². The monoisotopic (exact) mass is 207 g/mol. The summed E-state index contributed by atoms with van der Waals surface area (Å²) in [5.41, 5.74) is 1.21. The highest BCUT2D eigenvalue weighted by atomic mass is 15.2. The van der Waals surface area contributed by atoms with Crippen molar-refractivity contribution in [3.05, 3.63) is 24.5 Å². The van der Waals surface area contributed by atoms with Crippen molar-refractivity contribution < 1.29 is 0 Å². The number of unbranched alkanes of at least 4 members (excludes halogenated alkanes) is 1. The summed E-state index contributed by atoms with van der Waals surface area (Å²) in [7, 11) is 0. The number of nitrogens with one attached hydrogen (secondary N) is 1. The van der Waals surface area contributed by atoms with Crippen LogP contribution >= 0.6 is 0 Å². The minimum atomic E-state index is 0.581. The Balaban J connectivity index is 2.26. The molecule has 0 amide bonds. The summed E-state index contributed by atoms with van der Waals surface area (Å²) in [4.78, 5) is 0. The van der Waals surface area contributed by atoms with Crippen molar-refractivity contribution in [1.82, 2.24) is 15.1 Å². The van der Waals surface area contributed by atoms with E-state index in [1.165, 1.54) is 24.8 Å². The molecule has 0 aliphatic heterocycles. The molecule has 0 spiro atoms. The summed E-state index contributed by atoms with van der Waals surface area (Å²) in [5.74, 6) is 0. The fourth-order valence-electron chi connectivity index (χ4n) is 1.47. The Bertz CT molecular complexity index is 291. The third-order valence-corrected chi connectivity index (χ3v) is 2.49. The number of aromatic nitrogens is 2. The van der Waals surface area contributed by atoms with Gasteiger partial charge < -0.3 is 5.32 Å². The van der Waals surface area contributed by atoms with Crippen molar-refractivity contribution in [2.75, 3.05) is 0 Å². The van der Waals surface area contributed by atoms with E-state index in [-0.39, 0.29) is 0 Å². The molecule has 1 heterocycles. The molecule has 3 heteroatoms. The molecule has 0 aliphatic rings. The van der Waals surface area contributed by atoms with Crippen LogP contribution in [-0.2, 0) is 6.54 Å². The van der Waals surface area contributed by atoms with E-state index in [0.717, 1.165) is 6.54 Å². The van der Waals surface area contributed by atoms with Crippen molar-refractivity contribution in [1.29, 1.82) is 0 Å². The maximum atomic E-state index is 4.13. The fourth-order valence-corrected chi connectivity index (χ4v) is 1.47.